The third kappa shape index (κ3) is 2.33. The first-order valence-corrected chi connectivity index (χ1v) is 5.56. The molecular weight excluding hydrogens is 338 g/mol. The summed E-state index contributed by atoms with van der Waals surface area (Å²) in [6, 6.07) is 4.15. The summed E-state index contributed by atoms with van der Waals surface area (Å²) >= 11 is 11.5. The highest BCUT2D eigenvalue weighted by Crippen LogP contribution is 2.23. The Labute approximate surface area is 93.6 Å². The van der Waals surface area contributed by atoms with Gasteiger partial charge in [-0.3, -0.25) is 0 Å². The summed E-state index contributed by atoms with van der Waals surface area (Å²) in [5.41, 5.74) is 2.47. The first-order valence-electron chi connectivity index (χ1n) is 3.15. The van der Waals surface area contributed by atoms with Gasteiger partial charge >= 0.3 is 0 Å². The Morgan fingerprint density at radius 3 is 2.73 bits per heavy atom. The molecule has 0 unspecified atom stereocenters. The number of benzene rings is 1. The van der Waals surface area contributed by atoms with Gasteiger partial charge in [0.1, 0.15) is 0 Å². The van der Waals surface area contributed by atoms with Crippen molar-refractivity contribution in [1.82, 2.24) is 0 Å². The van der Waals surface area contributed by atoms with E-state index in [-0.39, 0.29) is 0 Å². The Balaban J connectivity index is 3.24. The van der Waals surface area contributed by atoms with E-state index in [4.69, 9.17) is 11.6 Å². The van der Waals surface area contributed by atoms with Gasteiger partial charge in [-0.2, -0.15) is 0 Å². The van der Waals surface area contributed by atoms with E-state index in [1.54, 1.807) is 0 Å². The molecule has 0 saturated heterocycles. The minimum atomic E-state index is 0.582. The predicted octanol–water partition coefficient (Wildman–Crippen LogP) is 4.10. The normalized spacial score (nSPS) is 10.2. The summed E-state index contributed by atoms with van der Waals surface area (Å²) in [5.74, 6) is 0.582. The largest absolute Gasteiger partial charge is 0.122 e. The van der Waals surface area contributed by atoms with Crippen LogP contribution < -0.4 is 0 Å². The minimum Gasteiger partial charge on any atom is -0.122 e. The Morgan fingerprint density at radius 2 is 2.18 bits per heavy atom. The predicted molar refractivity (Wildman–Crippen MR) is 61.2 cm³/mol. The molecule has 0 heterocycles. The SMILES string of the molecule is Cc1cc(Br)cc(CCl)c1I. The zero-order valence-corrected chi connectivity index (χ0v) is 10.5. The molecule has 0 saturated carbocycles. The van der Waals surface area contributed by atoms with Crippen LogP contribution in [0.4, 0.5) is 0 Å². The van der Waals surface area contributed by atoms with Crippen LogP contribution in [-0.2, 0) is 5.88 Å². The molecule has 0 aliphatic carbocycles. The number of aryl methyl sites for hydroxylation is 1. The molecule has 0 atom stereocenters. The van der Waals surface area contributed by atoms with Gasteiger partial charge in [0.25, 0.3) is 0 Å². The fourth-order valence-electron chi connectivity index (χ4n) is 0.892. The van der Waals surface area contributed by atoms with Gasteiger partial charge in [0.2, 0.25) is 0 Å². The fourth-order valence-corrected chi connectivity index (χ4v) is 2.45. The first kappa shape index (κ1) is 9.81. The van der Waals surface area contributed by atoms with Gasteiger partial charge in [-0.1, -0.05) is 15.9 Å². The first-order chi connectivity index (χ1) is 5.15. The molecule has 0 nitrogen and oxygen atoms in total. The van der Waals surface area contributed by atoms with Crippen molar-refractivity contribution < 1.29 is 0 Å². The summed E-state index contributed by atoms with van der Waals surface area (Å²) in [6.45, 7) is 2.09. The van der Waals surface area contributed by atoms with Crippen LogP contribution in [-0.4, -0.2) is 0 Å². The third-order valence-corrected chi connectivity index (χ3v) is 3.73. The van der Waals surface area contributed by atoms with E-state index >= 15 is 0 Å². The van der Waals surface area contributed by atoms with Gasteiger partial charge in [-0.15, -0.1) is 11.6 Å². The van der Waals surface area contributed by atoms with E-state index in [9.17, 15) is 0 Å². The van der Waals surface area contributed by atoms with Crippen molar-refractivity contribution in [3.8, 4) is 0 Å². The van der Waals surface area contributed by atoms with E-state index in [0.29, 0.717) is 5.88 Å². The Bertz CT molecular complexity index is 273. The summed E-state index contributed by atoms with van der Waals surface area (Å²) in [6.07, 6.45) is 0. The average Bonchev–Trinajstić information content (AvgIpc) is 1.96. The molecule has 60 valence electrons. The molecule has 0 aliphatic rings. The standard InChI is InChI=1S/C8H7BrClI/c1-5-2-7(9)3-6(4-10)8(5)11/h2-3H,4H2,1H3. The topological polar surface area (TPSA) is 0 Å². The Morgan fingerprint density at radius 1 is 1.55 bits per heavy atom. The van der Waals surface area contributed by atoms with Crippen molar-refractivity contribution in [2.45, 2.75) is 12.8 Å². The van der Waals surface area contributed by atoms with Crippen LogP contribution in [0.25, 0.3) is 0 Å². The summed E-state index contributed by atoms with van der Waals surface area (Å²) in [5, 5.41) is 0. The van der Waals surface area contributed by atoms with Crippen molar-refractivity contribution in [1.29, 1.82) is 0 Å². The maximum absolute atomic E-state index is 5.75. The molecule has 11 heavy (non-hydrogen) atoms. The maximum Gasteiger partial charge on any atom is 0.0485 e. The van der Waals surface area contributed by atoms with Gasteiger partial charge < -0.3 is 0 Å². The van der Waals surface area contributed by atoms with Gasteiger partial charge in [-0.25, -0.2) is 0 Å². The number of alkyl halides is 1. The molecule has 0 aromatic heterocycles. The van der Waals surface area contributed by atoms with Gasteiger partial charge in [-0.05, 0) is 52.8 Å². The van der Waals surface area contributed by atoms with Crippen LogP contribution in [0.15, 0.2) is 16.6 Å². The van der Waals surface area contributed by atoms with Crippen LogP contribution >= 0.6 is 50.1 Å². The van der Waals surface area contributed by atoms with Crippen molar-refractivity contribution in [3.63, 3.8) is 0 Å². The molecule has 3 heteroatoms. The van der Waals surface area contributed by atoms with Gasteiger partial charge in [0, 0.05) is 13.9 Å². The summed E-state index contributed by atoms with van der Waals surface area (Å²) in [7, 11) is 0. The maximum atomic E-state index is 5.75. The number of halogens is 3. The van der Waals surface area contributed by atoms with Gasteiger partial charge in [0.05, 0.1) is 0 Å². The highest BCUT2D eigenvalue weighted by molar-refractivity contribution is 14.1. The summed E-state index contributed by atoms with van der Waals surface area (Å²) in [4.78, 5) is 0. The van der Waals surface area contributed by atoms with E-state index in [0.717, 1.165) is 4.47 Å². The quantitative estimate of drug-likeness (QED) is 0.531. The van der Waals surface area contributed by atoms with Crippen LogP contribution in [0.5, 0.6) is 0 Å². The average molecular weight is 345 g/mol. The molecule has 1 aromatic carbocycles. The van der Waals surface area contributed by atoms with E-state index in [1.807, 2.05) is 0 Å². The van der Waals surface area contributed by atoms with E-state index in [1.165, 1.54) is 14.7 Å². The molecular formula is C8H7BrClI. The lowest BCUT2D eigenvalue weighted by molar-refractivity contribution is 1.29. The van der Waals surface area contributed by atoms with Crippen LogP contribution in [0, 0.1) is 10.5 Å². The second-order valence-electron chi connectivity index (χ2n) is 2.33. The zero-order valence-electron chi connectivity index (χ0n) is 6.00. The molecule has 0 bridgehead atoms. The number of rotatable bonds is 1. The highest BCUT2D eigenvalue weighted by atomic mass is 127. The zero-order chi connectivity index (χ0) is 8.43. The molecule has 0 fully saturated rings. The molecule has 0 amide bonds. The van der Waals surface area contributed by atoms with E-state index in [2.05, 4.69) is 57.6 Å². The van der Waals surface area contributed by atoms with Crippen molar-refractivity contribution in [3.05, 3.63) is 31.3 Å². The summed E-state index contributed by atoms with van der Waals surface area (Å²) < 4.78 is 2.37. The molecule has 1 rings (SSSR count). The number of hydrogen-bond donors (Lipinski definition) is 0. The molecule has 1 aromatic rings. The van der Waals surface area contributed by atoms with Gasteiger partial charge in [0.15, 0.2) is 0 Å². The molecule has 0 N–H and O–H groups in total. The molecule has 0 spiro atoms. The lowest BCUT2D eigenvalue weighted by atomic mass is 10.2. The highest BCUT2D eigenvalue weighted by Gasteiger charge is 2.02. The minimum absolute atomic E-state index is 0.582. The van der Waals surface area contributed by atoms with E-state index < -0.39 is 0 Å². The second kappa shape index (κ2) is 4.10. The second-order valence-corrected chi connectivity index (χ2v) is 4.59. The number of hydrogen-bond acceptors (Lipinski definition) is 0. The Kier molecular flexibility index (Phi) is 3.65. The monoisotopic (exact) mass is 344 g/mol. The molecule has 0 aliphatic heterocycles. The Hall–Kier alpha value is 0.720. The third-order valence-electron chi connectivity index (χ3n) is 1.44. The smallest absolute Gasteiger partial charge is 0.0485 e. The van der Waals surface area contributed by atoms with Crippen molar-refractivity contribution >= 4 is 50.1 Å². The fraction of sp³-hybridized carbons (Fsp3) is 0.250. The molecule has 0 radical (unpaired) electrons. The lowest BCUT2D eigenvalue weighted by Crippen LogP contribution is -1.88. The van der Waals surface area contributed by atoms with Crippen LogP contribution in [0.2, 0.25) is 0 Å². The van der Waals surface area contributed by atoms with Crippen molar-refractivity contribution in [2.75, 3.05) is 0 Å². The lowest BCUT2D eigenvalue weighted by Gasteiger charge is -2.04. The van der Waals surface area contributed by atoms with Crippen molar-refractivity contribution in [2.24, 2.45) is 0 Å². The van der Waals surface area contributed by atoms with Crippen LogP contribution in [0.1, 0.15) is 11.1 Å². The van der Waals surface area contributed by atoms with Crippen LogP contribution in [0.3, 0.4) is 0 Å².